The van der Waals surface area contributed by atoms with Gasteiger partial charge in [-0.25, -0.2) is 0 Å². The molecule has 3 aliphatic carbocycles. The molecule has 4 aliphatic rings. The van der Waals surface area contributed by atoms with Crippen LogP contribution >= 0.6 is 0 Å². The second-order valence-corrected chi connectivity index (χ2v) is 8.05. The third-order valence-corrected chi connectivity index (χ3v) is 7.03. The minimum absolute atomic E-state index is 0.218. The topological polar surface area (TPSA) is 18.5 Å². The quantitative estimate of drug-likeness (QED) is 0.709. The van der Waals surface area contributed by atoms with E-state index in [4.69, 9.17) is 9.47 Å². The number of hydrogen-bond donors (Lipinski definition) is 0. The Morgan fingerprint density at radius 3 is 2.55 bits per heavy atom. The van der Waals surface area contributed by atoms with Crippen molar-refractivity contribution in [2.75, 3.05) is 13.2 Å². The highest BCUT2D eigenvalue weighted by Gasteiger charge is 2.69. The average molecular weight is 276 g/mol. The van der Waals surface area contributed by atoms with Crippen LogP contribution in [0.3, 0.4) is 0 Å². The van der Waals surface area contributed by atoms with E-state index in [0.717, 1.165) is 43.3 Å². The van der Waals surface area contributed by atoms with Crippen molar-refractivity contribution >= 4 is 0 Å². The normalized spacial score (nSPS) is 47.6. The molecule has 5 atom stereocenters. The zero-order chi connectivity index (χ0) is 14.0. The fraction of sp³-hybridized carbons (Fsp3) is 0.889. The van der Waals surface area contributed by atoms with E-state index in [0.29, 0.717) is 11.3 Å². The van der Waals surface area contributed by atoms with E-state index < -0.39 is 0 Å². The van der Waals surface area contributed by atoms with Crippen LogP contribution < -0.4 is 0 Å². The van der Waals surface area contributed by atoms with Crippen molar-refractivity contribution in [3.8, 4) is 0 Å². The molecule has 0 aromatic carbocycles. The molecule has 3 saturated carbocycles. The summed E-state index contributed by atoms with van der Waals surface area (Å²) in [6, 6.07) is 0. The van der Waals surface area contributed by atoms with Gasteiger partial charge in [0.05, 0.1) is 13.2 Å². The molecule has 1 saturated heterocycles. The summed E-state index contributed by atoms with van der Waals surface area (Å²) in [4.78, 5) is 0. The second kappa shape index (κ2) is 4.33. The summed E-state index contributed by atoms with van der Waals surface area (Å²) in [5, 5.41) is 0. The summed E-state index contributed by atoms with van der Waals surface area (Å²) in [5.41, 5.74) is 0.549. The van der Waals surface area contributed by atoms with E-state index in [-0.39, 0.29) is 5.79 Å². The van der Waals surface area contributed by atoms with Crippen LogP contribution in [0, 0.1) is 35.0 Å². The van der Waals surface area contributed by atoms with Gasteiger partial charge >= 0.3 is 0 Å². The van der Waals surface area contributed by atoms with E-state index in [1.165, 1.54) is 25.7 Å². The van der Waals surface area contributed by atoms with Crippen LogP contribution in [0.1, 0.15) is 46.0 Å². The largest absolute Gasteiger partial charge is 0.347 e. The number of rotatable bonds is 2. The van der Waals surface area contributed by atoms with Gasteiger partial charge in [-0.1, -0.05) is 19.9 Å². The lowest BCUT2D eigenvalue weighted by Gasteiger charge is -2.38. The van der Waals surface area contributed by atoms with E-state index in [1.54, 1.807) is 0 Å². The fourth-order valence-electron chi connectivity index (χ4n) is 6.13. The van der Waals surface area contributed by atoms with Crippen LogP contribution in [0.4, 0.5) is 0 Å². The van der Waals surface area contributed by atoms with Crippen LogP contribution in [0.2, 0.25) is 0 Å². The van der Waals surface area contributed by atoms with Crippen molar-refractivity contribution in [2.45, 2.75) is 51.7 Å². The minimum atomic E-state index is -0.218. The average Bonchev–Trinajstić information content (AvgIpc) is 2.78. The number of hydrogen-bond acceptors (Lipinski definition) is 2. The van der Waals surface area contributed by atoms with Crippen molar-refractivity contribution in [3.05, 3.63) is 12.7 Å². The third-order valence-electron chi connectivity index (χ3n) is 7.03. The summed E-state index contributed by atoms with van der Waals surface area (Å²) in [6.07, 6.45) is 8.37. The molecule has 1 aliphatic heterocycles. The molecule has 2 heteroatoms. The van der Waals surface area contributed by atoms with Crippen molar-refractivity contribution in [2.24, 2.45) is 35.0 Å². The van der Waals surface area contributed by atoms with Crippen LogP contribution in [0.15, 0.2) is 12.7 Å². The van der Waals surface area contributed by atoms with Gasteiger partial charge in [0.1, 0.15) is 0 Å². The number of fused-ring (bicyclic) bond motifs is 4. The Morgan fingerprint density at radius 2 is 1.85 bits per heavy atom. The molecule has 0 N–H and O–H groups in total. The van der Waals surface area contributed by atoms with Gasteiger partial charge in [0, 0.05) is 12.3 Å². The smallest absolute Gasteiger partial charge is 0.171 e. The van der Waals surface area contributed by atoms with Crippen LogP contribution in [-0.4, -0.2) is 19.0 Å². The Labute approximate surface area is 122 Å². The summed E-state index contributed by atoms with van der Waals surface area (Å²) in [6.45, 7) is 10.6. The molecule has 0 aromatic heterocycles. The predicted octanol–water partition coefficient (Wildman–Crippen LogP) is 4.01. The zero-order valence-electron chi connectivity index (χ0n) is 12.9. The van der Waals surface area contributed by atoms with E-state index >= 15 is 0 Å². The third kappa shape index (κ3) is 1.64. The van der Waals surface area contributed by atoms with Crippen LogP contribution in [-0.2, 0) is 9.47 Å². The number of allylic oxidation sites excluding steroid dienone is 1. The molecule has 0 bridgehead atoms. The van der Waals surface area contributed by atoms with Crippen LogP contribution in [0.5, 0.6) is 0 Å². The molecule has 0 amide bonds. The van der Waals surface area contributed by atoms with E-state index in [2.05, 4.69) is 26.5 Å². The summed E-state index contributed by atoms with van der Waals surface area (Å²) >= 11 is 0. The van der Waals surface area contributed by atoms with E-state index in [1.807, 2.05) is 0 Å². The molecule has 2 nitrogen and oxygen atoms in total. The molecule has 0 radical (unpaired) electrons. The number of ether oxygens (including phenoxy) is 2. The predicted molar refractivity (Wildman–Crippen MR) is 79.1 cm³/mol. The molecule has 4 rings (SSSR count). The van der Waals surface area contributed by atoms with Gasteiger partial charge in [0.25, 0.3) is 0 Å². The lowest BCUT2D eigenvalue weighted by atomic mass is 9.77. The maximum absolute atomic E-state index is 6.19. The first kappa shape index (κ1) is 13.3. The van der Waals surface area contributed by atoms with Gasteiger partial charge in [-0.15, -0.1) is 6.58 Å². The first-order valence-corrected chi connectivity index (χ1v) is 8.49. The van der Waals surface area contributed by atoms with Gasteiger partial charge in [0.2, 0.25) is 0 Å². The fourth-order valence-corrected chi connectivity index (χ4v) is 6.13. The van der Waals surface area contributed by atoms with Gasteiger partial charge in [-0.3, -0.25) is 0 Å². The Balaban J connectivity index is 1.68. The Morgan fingerprint density at radius 1 is 1.10 bits per heavy atom. The van der Waals surface area contributed by atoms with Gasteiger partial charge in [-0.2, -0.15) is 0 Å². The van der Waals surface area contributed by atoms with Gasteiger partial charge < -0.3 is 9.47 Å². The summed E-state index contributed by atoms with van der Waals surface area (Å²) < 4.78 is 12.4. The standard InChI is InChI=1S/C18H28O2/c1-4-5-12-6-7-13-15(12)16-14(17(16,2)3)8-9-18(13)19-10-11-20-18/h4,12-16H,1,5-11H2,2-3H3/t12-,13-,14-,15-,16-/m1/s1. The highest BCUT2D eigenvalue weighted by atomic mass is 16.7. The molecule has 1 spiro atoms. The highest BCUT2D eigenvalue weighted by molar-refractivity contribution is 5.15. The molecule has 1 heterocycles. The molecule has 20 heavy (non-hydrogen) atoms. The van der Waals surface area contributed by atoms with Gasteiger partial charge in [0.15, 0.2) is 5.79 Å². The molecular weight excluding hydrogens is 248 g/mol. The first-order chi connectivity index (χ1) is 9.60. The highest BCUT2D eigenvalue weighted by Crippen LogP contribution is 2.72. The monoisotopic (exact) mass is 276 g/mol. The lowest BCUT2D eigenvalue weighted by Crippen LogP contribution is -2.42. The molecule has 4 fully saturated rings. The molecular formula is C18H28O2. The Bertz CT molecular complexity index is 408. The maximum atomic E-state index is 6.19. The molecule has 0 unspecified atom stereocenters. The minimum Gasteiger partial charge on any atom is -0.347 e. The summed E-state index contributed by atoms with van der Waals surface area (Å²) in [7, 11) is 0. The first-order valence-electron chi connectivity index (χ1n) is 8.49. The van der Waals surface area contributed by atoms with Crippen molar-refractivity contribution in [1.29, 1.82) is 0 Å². The van der Waals surface area contributed by atoms with Crippen molar-refractivity contribution in [1.82, 2.24) is 0 Å². The SMILES string of the molecule is C=CC[C@@H]1CC[C@@H]2[C@@H]1[C@H]1[C@@H](CCC23OCCO3)C1(C)C. The maximum Gasteiger partial charge on any atom is 0.171 e. The Hall–Kier alpha value is -0.340. The van der Waals surface area contributed by atoms with Gasteiger partial charge in [-0.05, 0) is 54.8 Å². The summed E-state index contributed by atoms with van der Waals surface area (Å²) in [5.74, 6) is 3.82. The zero-order valence-corrected chi connectivity index (χ0v) is 12.9. The molecule has 0 aromatic rings. The second-order valence-electron chi connectivity index (χ2n) is 8.05. The van der Waals surface area contributed by atoms with Crippen LogP contribution in [0.25, 0.3) is 0 Å². The van der Waals surface area contributed by atoms with Crippen molar-refractivity contribution < 1.29 is 9.47 Å². The lowest BCUT2D eigenvalue weighted by molar-refractivity contribution is -0.209. The van der Waals surface area contributed by atoms with Crippen molar-refractivity contribution in [3.63, 3.8) is 0 Å². The Kier molecular flexibility index (Phi) is 2.89. The molecule has 112 valence electrons. The van der Waals surface area contributed by atoms with E-state index in [9.17, 15) is 0 Å².